The Kier molecular flexibility index (Phi) is 3.96. The molecule has 0 spiro atoms. The topological polar surface area (TPSA) is 36.9 Å². The highest BCUT2D eigenvalue weighted by atomic mass is 16.5. The van der Waals surface area contributed by atoms with Gasteiger partial charge >= 0.3 is 0 Å². The molecule has 0 unspecified atom stereocenters. The fourth-order valence-electron chi connectivity index (χ4n) is 3.60. The van der Waals surface area contributed by atoms with Gasteiger partial charge in [-0.3, -0.25) is 0 Å². The van der Waals surface area contributed by atoms with E-state index in [-0.39, 0.29) is 0 Å². The molecule has 0 saturated heterocycles. The van der Waals surface area contributed by atoms with E-state index >= 15 is 0 Å². The van der Waals surface area contributed by atoms with Gasteiger partial charge in [-0.1, -0.05) is 24.3 Å². The first-order chi connectivity index (χ1) is 12.7. The molecule has 132 valence electrons. The van der Waals surface area contributed by atoms with Crippen LogP contribution in [0.25, 0.3) is 32.3 Å². The number of methoxy groups -OCH3 is 4. The molecule has 0 amide bonds. The zero-order valence-corrected chi connectivity index (χ0v) is 15.3. The van der Waals surface area contributed by atoms with Crippen LogP contribution < -0.4 is 18.9 Å². The zero-order valence-electron chi connectivity index (χ0n) is 15.3. The van der Waals surface area contributed by atoms with Crippen molar-refractivity contribution in [1.82, 2.24) is 0 Å². The molecule has 4 nitrogen and oxygen atoms in total. The number of hydrogen-bond donors (Lipinski definition) is 0. The van der Waals surface area contributed by atoms with Gasteiger partial charge in [0.1, 0.15) is 0 Å². The lowest BCUT2D eigenvalue weighted by Gasteiger charge is -2.16. The minimum atomic E-state index is 0.700. The van der Waals surface area contributed by atoms with Crippen molar-refractivity contribution in [3.63, 3.8) is 0 Å². The summed E-state index contributed by atoms with van der Waals surface area (Å²) in [5, 5.41) is 6.69. The lowest BCUT2D eigenvalue weighted by molar-refractivity contribution is 0.355. The number of fused-ring (bicyclic) bond motifs is 6. The standard InChI is InChI=1S/C22H20O4/c1-23-19-9-15-13-7-5-6-8-14(13)16-10-20(24-2)22(26-4)12-18(16)17(15)11-21(19)25-3/h5-12H,1-4H3. The molecule has 4 aromatic carbocycles. The Morgan fingerprint density at radius 2 is 0.692 bits per heavy atom. The van der Waals surface area contributed by atoms with Crippen LogP contribution in [-0.2, 0) is 0 Å². The molecule has 0 fully saturated rings. The number of hydrogen-bond acceptors (Lipinski definition) is 4. The van der Waals surface area contributed by atoms with E-state index in [1.807, 2.05) is 36.4 Å². The molecule has 0 N–H and O–H groups in total. The van der Waals surface area contributed by atoms with Gasteiger partial charge in [0.05, 0.1) is 28.4 Å². The molecule has 0 heterocycles. The van der Waals surface area contributed by atoms with Gasteiger partial charge < -0.3 is 18.9 Å². The maximum absolute atomic E-state index is 5.53. The summed E-state index contributed by atoms with van der Waals surface area (Å²) >= 11 is 0. The Balaban J connectivity index is 2.28. The fourth-order valence-corrected chi connectivity index (χ4v) is 3.60. The third-order valence-corrected chi connectivity index (χ3v) is 4.85. The highest BCUT2D eigenvalue weighted by Gasteiger charge is 2.15. The lowest BCUT2D eigenvalue weighted by Crippen LogP contribution is -1.94. The van der Waals surface area contributed by atoms with Gasteiger partial charge in [-0.05, 0) is 56.6 Å². The third kappa shape index (κ3) is 2.30. The Labute approximate surface area is 151 Å². The van der Waals surface area contributed by atoms with E-state index in [1.165, 1.54) is 0 Å². The van der Waals surface area contributed by atoms with E-state index in [0.717, 1.165) is 32.3 Å². The second-order valence-corrected chi connectivity index (χ2v) is 6.05. The Morgan fingerprint density at radius 3 is 0.962 bits per heavy atom. The molecule has 4 aromatic rings. The van der Waals surface area contributed by atoms with E-state index in [0.29, 0.717) is 23.0 Å². The smallest absolute Gasteiger partial charge is 0.161 e. The Bertz CT molecular complexity index is 1040. The molecule has 0 atom stereocenters. The molecule has 0 radical (unpaired) electrons. The Morgan fingerprint density at radius 1 is 0.423 bits per heavy atom. The fraction of sp³-hybridized carbons (Fsp3) is 0.182. The van der Waals surface area contributed by atoms with Crippen molar-refractivity contribution in [2.75, 3.05) is 28.4 Å². The molecule has 0 aliphatic rings. The number of ether oxygens (including phenoxy) is 4. The maximum atomic E-state index is 5.53. The predicted molar refractivity (Wildman–Crippen MR) is 105 cm³/mol. The van der Waals surface area contributed by atoms with E-state index in [2.05, 4.69) is 12.1 Å². The van der Waals surface area contributed by atoms with Crippen LogP contribution in [0.5, 0.6) is 23.0 Å². The molecule has 0 bridgehead atoms. The van der Waals surface area contributed by atoms with Crippen molar-refractivity contribution in [3.8, 4) is 23.0 Å². The molecule has 0 aliphatic carbocycles. The minimum absolute atomic E-state index is 0.700. The SMILES string of the molecule is COc1cc2c3ccccc3c3cc(OC)c(OC)cc3c2cc1OC. The van der Waals surface area contributed by atoms with Crippen molar-refractivity contribution in [2.24, 2.45) is 0 Å². The minimum Gasteiger partial charge on any atom is -0.493 e. The first kappa shape index (κ1) is 16.3. The summed E-state index contributed by atoms with van der Waals surface area (Å²) < 4.78 is 22.1. The van der Waals surface area contributed by atoms with Gasteiger partial charge in [-0.15, -0.1) is 0 Å². The van der Waals surface area contributed by atoms with E-state index in [1.54, 1.807) is 28.4 Å². The van der Waals surface area contributed by atoms with Crippen molar-refractivity contribution in [1.29, 1.82) is 0 Å². The molecule has 0 aromatic heterocycles. The first-order valence-electron chi connectivity index (χ1n) is 8.34. The highest BCUT2D eigenvalue weighted by molar-refractivity contribution is 6.26. The normalized spacial score (nSPS) is 11.1. The second-order valence-electron chi connectivity index (χ2n) is 6.05. The predicted octanol–water partition coefficient (Wildman–Crippen LogP) is 5.18. The third-order valence-electron chi connectivity index (χ3n) is 4.85. The largest absolute Gasteiger partial charge is 0.493 e. The summed E-state index contributed by atoms with van der Waals surface area (Å²) in [6.07, 6.45) is 0. The summed E-state index contributed by atoms with van der Waals surface area (Å²) in [4.78, 5) is 0. The maximum Gasteiger partial charge on any atom is 0.161 e. The van der Waals surface area contributed by atoms with Crippen LogP contribution in [0.4, 0.5) is 0 Å². The summed E-state index contributed by atoms with van der Waals surface area (Å²) in [6.45, 7) is 0. The quantitative estimate of drug-likeness (QED) is 0.476. The molecule has 0 aliphatic heterocycles. The average molecular weight is 348 g/mol. The first-order valence-corrected chi connectivity index (χ1v) is 8.34. The summed E-state index contributed by atoms with van der Waals surface area (Å²) in [5.41, 5.74) is 0. The van der Waals surface area contributed by atoms with Gasteiger partial charge in [0.25, 0.3) is 0 Å². The van der Waals surface area contributed by atoms with Crippen molar-refractivity contribution in [2.45, 2.75) is 0 Å². The van der Waals surface area contributed by atoms with Crippen LogP contribution in [0.3, 0.4) is 0 Å². The molecule has 4 heteroatoms. The summed E-state index contributed by atoms with van der Waals surface area (Å²) in [6, 6.07) is 16.5. The molecule has 4 rings (SSSR count). The molecular weight excluding hydrogens is 328 g/mol. The van der Waals surface area contributed by atoms with E-state index in [4.69, 9.17) is 18.9 Å². The van der Waals surface area contributed by atoms with Crippen LogP contribution in [0.1, 0.15) is 0 Å². The van der Waals surface area contributed by atoms with Crippen molar-refractivity contribution < 1.29 is 18.9 Å². The molecule has 26 heavy (non-hydrogen) atoms. The van der Waals surface area contributed by atoms with Crippen LogP contribution in [0.2, 0.25) is 0 Å². The van der Waals surface area contributed by atoms with Crippen molar-refractivity contribution in [3.05, 3.63) is 48.5 Å². The second kappa shape index (κ2) is 6.30. The van der Waals surface area contributed by atoms with Gasteiger partial charge in [0, 0.05) is 0 Å². The summed E-state index contributed by atoms with van der Waals surface area (Å²) in [7, 11) is 6.61. The van der Waals surface area contributed by atoms with Crippen LogP contribution >= 0.6 is 0 Å². The number of rotatable bonds is 4. The molecule has 0 saturated carbocycles. The van der Waals surface area contributed by atoms with Gasteiger partial charge in [-0.2, -0.15) is 0 Å². The zero-order chi connectivity index (χ0) is 18.3. The lowest BCUT2D eigenvalue weighted by atomic mass is 9.93. The van der Waals surface area contributed by atoms with E-state index in [9.17, 15) is 0 Å². The van der Waals surface area contributed by atoms with Gasteiger partial charge in [0.15, 0.2) is 23.0 Å². The highest BCUT2D eigenvalue weighted by Crippen LogP contribution is 2.43. The van der Waals surface area contributed by atoms with Gasteiger partial charge in [-0.25, -0.2) is 0 Å². The monoisotopic (exact) mass is 348 g/mol. The van der Waals surface area contributed by atoms with Crippen molar-refractivity contribution >= 4 is 32.3 Å². The summed E-state index contributed by atoms with van der Waals surface area (Å²) in [5.74, 6) is 2.83. The van der Waals surface area contributed by atoms with E-state index < -0.39 is 0 Å². The van der Waals surface area contributed by atoms with Crippen LogP contribution in [-0.4, -0.2) is 28.4 Å². The molecular formula is C22H20O4. The number of benzene rings is 4. The van der Waals surface area contributed by atoms with Crippen LogP contribution in [0, 0.1) is 0 Å². The average Bonchev–Trinajstić information content (AvgIpc) is 2.71. The Hall–Kier alpha value is -3.14. The van der Waals surface area contributed by atoms with Gasteiger partial charge in [0.2, 0.25) is 0 Å². The van der Waals surface area contributed by atoms with Crippen LogP contribution in [0.15, 0.2) is 48.5 Å².